The molecule has 74 valence electrons. The van der Waals surface area contributed by atoms with Crippen molar-refractivity contribution < 1.29 is 9.53 Å². The highest BCUT2D eigenvalue weighted by Crippen LogP contribution is 2.33. The molecule has 0 N–H and O–H groups in total. The lowest BCUT2D eigenvalue weighted by atomic mass is 10.1. The Morgan fingerprint density at radius 3 is 2.86 bits per heavy atom. The first-order chi connectivity index (χ1) is 6.70. The molecule has 0 aliphatic rings. The van der Waals surface area contributed by atoms with Crippen LogP contribution < -0.4 is 4.74 Å². The largest absolute Gasteiger partial charge is 0.496 e. The number of carbonyl (C=O) groups excluding carboxylic acids is 1. The standard InChI is InChI=1S/C10H10BrNO2/c1-7(12-6-13)8-4-3-5-9(14-2)10(8)11/h3-5,7H,1-2H3. The number of nitrogens with zero attached hydrogens (tertiary/aromatic N) is 1. The van der Waals surface area contributed by atoms with Crippen molar-refractivity contribution in [2.45, 2.75) is 13.0 Å². The summed E-state index contributed by atoms with van der Waals surface area (Å²) in [7, 11) is 1.59. The lowest BCUT2D eigenvalue weighted by Crippen LogP contribution is -1.93. The van der Waals surface area contributed by atoms with Gasteiger partial charge in [0, 0.05) is 0 Å². The Hall–Kier alpha value is -1.12. The Bertz CT molecular complexity index is 372. The molecule has 0 saturated heterocycles. The molecule has 0 heterocycles. The zero-order chi connectivity index (χ0) is 10.6. The van der Waals surface area contributed by atoms with E-state index < -0.39 is 0 Å². The van der Waals surface area contributed by atoms with Gasteiger partial charge in [-0.2, -0.15) is 4.99 Å². The molecule has 0 aromatic heterocycles. The van der Waals surface area contributed by atoms with Gasteiger partial charge in [0.1, 0.15) is 5.75 Å². The summed E-state index contributed by atoms with van der Waals surface area (Å²) < 4.78 is 5.95. The number of hydrogen-bond acceptors (Lipinski definition) is 3. The molecule has 0 bridgehead atoms. The normalized spacial score (nSPS) is 11.6. The Labute approximate surface area is 90.9 Å². The predicted octanol–water partition coefficient (Wildman–Crippen LogP) is 2.85. The van der Waals surface area contributed by atoms with E-state index >= 15 is 0 Å². The summed E-state index contributed by atoms with van der Waals surface area (Å²) in [5.74, 6) is 0.732. The van der Waals surface area contributed by atoms with Gasteiger partial charge in [0.2, 0.25) is 6.08 Å². The average molecular weight is 256 g/mol. The van der Waals surface area contributed by atoms with Crippen molar-refractivity contribution in [2.24, 2.45) is 4.99 Å². The summed E-state index contributed by atoms with van der Waals surface area (Å²) in [5, 5.41) is 0. The van der Waals surface area contributed by atoms with Crippen LogP contribution in [0.1, 0.15) is 18.5 Å². The van der Waals surface area contributed by atoms with Crippen LogP contribution in [-0.2, 0) is 4.79 Å². The third-order valence-electron chi connectivity index (χ3n) is 1.91. The first-order valence-electron chi connectivity index (χ1n) is 4.10. The van der Waals surface area contributed by atoms with Crippen LogP contribution in [0.25, 0.3) is 0 Å². The number of rotatable bonds is 3. The Morgan fingerprint density at radius 1 is 1.57 bits per heavy atom. The molecule has 0 radical (unpaired) electrons. The van der Waals surface area contributed by atoms with Gasteiger partial charge in [0.25, 0.3) is 0 Å². The van der Waals surface area contributed by atoms with Crippen molar-refractivity contribution >= 4 is 22.0 Å². The van der Waals surface area contributed by atoms with Gasteiger partial charge in [-0.15, -0.1) is 0 Å². The minimum atomic E-state index is -0.211. The molecule has 1 unspecified atom stereocenters. The summed E-state index contributed by atoms with van der Waals surface area (Å²) in [4.78, 5) is 13.8. The Balaban J connectivity index is 3.14. The molecule has 1 aromatic rings. The van der Waals surface area contributed by atoms with Gasteiger partial charge >= 0.3 is 0 Å². The maximum Gasteiger partial charge on any atom is 0.235 e. The number of ether oxygens (including phenoxy) is 1. The predicted molar refractivity (Wildman–Crippen MR) is 57.2 cm³/mol. The fourth-order valence-electron chi connectivity index (χ4n) is 1.16. The highest BCUT2D eigenvalue weighted by atomic mass is 79.9. The quantitative estimate of drug-likeness (QED) is 0.616. The van der Waals surface area contributed by atoms with Crippen LogP contribution >= 0.6 is 15.9 Å². The second-order valence-corrected chi connectivity index (χ2v) is 3.55. The summed E-state index contributed by atoms with van der Waals surface area (Å²) in [6, 6.07) is 5.37. The lowest BCUT2D eigenvalue weighted by Gasteiger charge is -2.10. The average Bonchev–Trinajstić information content (AvgIpc) is 2.18. The molecular formula is C10H10BrNO2. The number of aliphatic imine (C=N–C) groups is 1. The summed E-state index contributed by atoms with van der Waals surface area (Å²) >= 11 is 3.40. The van der Waals surface area contributed by atoms with E-state index in [1.54, 1.807) is 13.2 Å². The molecule has 1 atom stereocenters. The topological polar surface area (TPSA) is 38.7 Å². The molecule has 4 heteroatoms. The minimum Gasteiger partial charge on any atom is -0.496 e. The second kappa shape index (κ2) is 4.94. The zero-order valence-corrected chi connectivity index (χ0v) is 9.54. The van der Waals surface area contributed by atoms with Gasteiger partial charge in [-0.1, -0.05) is 12.1 Å². The molecular weight excluding hydrogens is 246 g/mol. The molecule has 0 amide bonds. The molecule has 3 nitrogen and oxygen atoms in total. The summed E-state index contributed by atoms with van der Waals surface area (Å²) in [6.45, 7) is 1.82. The number of isocyanates is 1. The summed E-state index contributed by atoms with van der Waals surface area (Å²) in [6.07, 6.45) is 1.54. The highest BCUT2D eigenvalue weighted by Gasteiger charge is 2.11. The van der Waals surface area contributed by atoms with Crippen molar-refractivity contribution in [3.05, 3.63) is 28.2 Å². The molecule has 0 aliphatic heterocycles. The van der Waals surface area contributed by atoms with Crippen molar-refractivity contribution in [3.8, 4) is 5.75 Å². The fraction of sp³-hybridized carbons (Fsp3) is 0.300. The molecule has 0 saturated carbocycles. The maximum absolute atomic E-state index is 10.1. The molecule has 14 heavy (non-hydrogen) atoms. The van der Waals surface area contributed by atoms with E-state index in [9.17, 15) is 4.79 Å². The van der Waals surface area contributed by atoms with E-state index in [1.165, 1.54) is 0 Å². The van der Waals surface area contributed by atoms with Crippen LogP contribution in [0, 0.1) is 0 Å². The van der Waals surface area contributed by atoms with Gasteiger partial charge < -0.3 is 4.74 Å². The molecule has 0 spiro atoms. The first-order valence-corrected chi connectivity index (χ1v) is 4.89. The number of benzene rings is 1. The highest BCUT2D eigenvalue weighted by molar-refractivity contribution is 9.10. The smallest absolute Gasteiger partial charge is 0.235 e. The summed E-state index contributed by atoms with van der Waals surface area (Å²) in [5.41, 5.74) is 0.910. The van der Waals surface area contributed by atoms with E-state index in [0.29, 0.717) is 0 Å². The minimum absolute atomic E-state index is 0.211. The van der Waals surface area contributed by atoms with Crippen molar-refractivity contribution in [3.63, 3.8) is 0 Å². The van der Waals surface area contributed by atoms with E-state index in [-0.39, 0.29) is 6.04 Å². The van der Waals surface area contributed by atoms with E-state index in [4.69, 9.17) is 4.74 Å². The monoisotopic (exact) mass is 255 g/mol. The van der Waals surface area contributed by atoms with Crippen LogP contribution in [0.3, 0.4) is 0 Å². The van der Waals surface area contributed by atoms with Crippen molar-refractivity contribution in [2.75, 3.05) is 7.11 Å². The van der Waals surface area contributed by atoms with Crippen LogP contribution in [0.2, 0.25) is 0 Å². The van der Waals surface area contributed by atoms with E-state index in [0.717, 1.165) is 15.8 Å². The molecule has 1 aromatic carbocycles. The van der Waals surface area contributed by atoms with Crippen LogP contribution in [-0.4, -0.2) is 13.2 Å². The Kier molecular flexibility index (Phi) is 3.86. The van der Waals surface area contributed by atoms with Crippen LogP contribution in [0.4, 0.5) is 0 Å². The van der Waals surface area contributed by atoms with Gasteiger partial charge in [0.05, 0.1) is 17.6 Å². The third-order valence-corrected chi connectivity index (χ3v) is 2.76. The van der Waals surface area contributed by atoms with Crippen molar-refractivity contribution in [1.29, 1.82) is 0 Å². The van der Waals surface area contributed by atoms with Crippen LogP contribution in [0.5, 0.6) is 5.75 Å². The SMILES string of the molecule is COc1cccc(C(C)N=C=O)c1Br. The third kappa shape index (κ3) is 2.22. The second-order valence-electron chi connectivity index (χ2n) is 2.76. The van der Waals surface area contributed by atoms with Gasteiger partial charge in [0.15, 0.2) is 0 Å². The van der Waals surface area contributed by atoms with Gasteiger partial charge in [-0.3, -0.25) is 0 Å². The molecule has 0 fully saturated rings. The van der Waals surface area contributed by atoms with Crippen LogP contribution in [0.15, 0.2) is 27.7 Å². The lowest BCUT2D eigenvalue weighted by molar-refractivity contribution is 0.411. The fourth-order valence-corrected chi connectivity index (χ4v) is 1.91. The maximum atomic E-state index is 10.1. The first kappa shape index (κ1) is 11.0. The zero-order valence-electron chi connectivity index (χ0n) is 7.95. The number of hydrogen-bond donors (Lipinski definition) is 0. The van der Waals surface area contributed by atoms with E-state index in [1.807, 2.05) is 25.1 Å². The Morgan fingerprint density at radius 2 is 2.29 bits per heavy atom. The molecule has 1 rings (SSSR count). The molecule has 0 aliphatic carbocycles. The number of halogens is 1. The van der Waals surface area contributed by atoms with Gasteiger partial charge in [-0.05, 0) is 34.5 Å². The van der Waals surface area contributed by atoms with Crippen molar-refractivity contribution in [1.82, 2.24) is 0 Å². The number of methoxy groups -OCH3 is 1. The van der Waals surface area contributed by atoms with E-state index in [2.05, 4.69) is 20.9 Å². The van der Waals surface area contributed by atoms with Gasteiger partial charge in [-0.25, -0.2) is 4.79 Å².